The highest BCUT2D eigenvalue weighted by atomic mass is 16.3. The normalized spacial score (nSPS) is 45.4. The van der Waals surface area contributed by atoms with Gasteiger partial charge in [-0.1, -0.05) is 6.92 Å². The fraction of sp³-hybridized carbons (Fsp3) is 1.00. The van der Waals surface area contributed by atoms with Crippen molar-refractivity contribution in [1.82, 2.24) is 0 Å². The van der Waals surface area contributed by atoms with Gasteiger partial charge in [0.05, 0.1) is 5.60 Å². The van der Waals surface area contributed by atoms with Gasteiger partial charge in [-0.05, 0) is 62.7 Å². The Morgan fingerprint density at radius 2 is 2.07 bits per heavy atom. The van der Waals surface area contributed by atoms with Gasteiger partial charge in [0.15, 0.2) is 0 Å². The van der Waals surface area contributed by atoms with Gasteiger partial charge in [-0.2, -0.15) is 0 Å². The number of aliphatic hydroxyl groups is 2. The summed E-state index contributed by atoms with van der Waals surface area (Å²) in [7, 11) is 0. The van der Waals surface area contributed by atoms with Crippen molar-refractivity contribution in [3.63, 3.8) is 0 Å². The second kappa shape index (κ2) is 4.42. The molecule has 0 radical (unpaired) electrons. The Morgan fingerprint density at radius 1 is 1.27 bits per heavy atom. The van der Waals surface area contributed by atoms with Crippen molar-refractivity contribution >= 4 is 0 Å². The molecule has 2 heteroatoms. The van der Waals surface area contributed by atoms with E-state index in [-0.39, 0.29) is 6.61 Å². The standard InChI is InChI=1S/C13H24O2/c1-10-7-11-3-5-13(15,4-2-6-14)12(8-10)9-11/h10-12,14-15H,2-9H2,1H3. The lowest BCUT2D eigenvalue weighted by atomic mass is 9.61. The van der Waals surface area contributed by atoms with E-state index in [1.807, 2.05) is 0 Å². The Labute approximate surface area is 92.7 Å². The molecule has 0 aromatic heterocycles. The molecule has 2 aliphatic carbocycles. The first-order chi connectivity index (χ1) is 7.14. The van der Waals surface area contributed by atoms with Crippen LogP contribution in [0.4, 0.5) is 0 Å². The molecule has 4 atom stereocenters. The van der Waals surface area contributed by atoms with Crippen LogP contribution < -0.4 is 0 Å². The summed E-state index contributed by atoms with van der Waals surface area (Å²) in [6.07, 6.45) is 7.51. The van der Waals surface area contributed by atoms with E-state index in [0.717, 1.165) is 31.1 Å². The molecule has 2 saturated carbocycles. The maximum absolute atomic E-state index is 10.6. The van der Waals surface area contributed by atoms with Gasteiger partial charge < -0.3 is 10.2 Å². The van der Waals surface area contributed by atoms with Gasteiger partial charge in [-0.15, -0.1) is 0 Å². The molecule has 0 saturated heterocycles. The highest BCUT2D eigenvalue weighted by Gasteiger charge is 2.44. The van der Waals surface area contributed by atoms with Crippen molar-refractivity contribution < 1.29 is 10.2 Å². The van der Waals surface area contributed by atoms with E-state index < -0.39 is 5.60 Å². The van der Waals surface area contributed by atoms with Crippen LogP contribution in [-0.2, 0) is 0 Å². The lowest BCUT2D eigenvalue weighted by Crippen LogP contribution is -2.46. The summed E-state index contributed by atoms with van der Waals surface area (Å²) >= 11 is 0. The van der Waals surface area contributed by atoms with Gasteiger partial charge in [-0.25, -0.2) is 0 Å². The van der Waals surface area contributed by atoms with Gasteiger partial charge in [-0.3, -0.25) is 0 Å². The van der Waals surface area contributed by atoms with Crippen LogP contribution in [0.2, 0.25) is 0 Å². The average Bonchev–Trinajstić information content (AvgIpc) is 2.21. The van der Waals surface area contributed by atoms with E-state index in [4.69, 9.17) is 5.11 Å². The molecule has 88 valence electrons. The zero-order chi connectivity index (χ0) is 10.9. The van der Waals surface area contributed by atoms with Crippen molar-refractivity contribution in [2.24, 2.45) is 17.8 Å². The number of rotatable bonds is 3. The number of hydrogen-bond acceptors (Lipinski definition) is 2. The number of hydrogen-bond donors (Lipinski definition) is 2. The van der Waals surface area contributed by atoms with Gasteiger partial charge in [0.25, 0.3) is 0 Å². The van der Waals surface area contributed by atoms with E-state index in [9.17, 15) is 5.11 Å². The van der Waals surface area contributed by atoms with Crippen molar-refractivity contribution in [1.29, 1.82) is 0 Å². The molecule has 2 rings (SSSR count). The zero-order valence-electron chi connectivity index (χ0n) is 9.78. The highest BCUT2D eigenvalue weighted by molar-refractivity contribution is 4.96. The third-order valence-electron chi connectivity index (χ3n) is 4.55. The average molecular weight is 212 g/mol. The molecule has 0 aromatic rings. The molecule has 2 fully saturated rings. The van der Waals surface area contributed by atoms with Gasteiger partial charge >= 0.3 is 0 Å². The van der Waals surface area contributed by atoms with Crippen molar-refractivity contribution in [3.8, 4) is 0 Å². The summed E-state index contributed by atoms with van der Waals surface area (Å²) in [6, 6.07) is 0. The molecular weight excluding hydrogens is 188 g/mol. The summed E-state index contributed by atoms with van der Waals surface area (Å²) in [5, 5.41) is 19.5. The van der Waals surface area contributed by atoms with Crippen LogP contribution in [0.3, 0.4) is 0 Å². The smallest absolute Gasteiger partial charge is 0.0677 e. The predicted octanol–water partition coefficient (Wildman–Crippen LogP) is 2.34. The topological polar surface area (TPSA) is 40.5 Å². The largest absolute Gasteiger partial charge is 0.396 e. The fourth-order valence-electron chi connectivity index (χ4n) is 3.79. The molecule has 2 aliphatic rings. The Bertz CT molecular complexity index is 211. The summed E-state index contributed by atoms with van der Waals surface area (Å²) in [5.41, 5.74) is -0.450. The molecule has 0 aliphatic heterocycles. The van der Waals surface area contributed by atoms with Crippen LogP contribution in [0.25, 0.3) is 0 Å². The van der Waals surface area contributed by atoms with Gasteiger partial charge in [0.1, 0.15) is 0 Å². The van der Waals surface area contributed by atoms with Crippen molar-refractivity contribution in [3.05, 3.63) is 0 Å². The minimum atomic E-state index is -0.450. The van der Waals surface area contributed by atoms with E-state index in [1.54, 1.807) is 0 Å². The Hall–Kier alpha value is -0.0800. The Balaban J connectivity index is 2.00. The SMILES string of the molecule is CC1CC2CCC(O)(CCCO)C(C1)C2. The summed E-state index contributed by atoms with van der Waals surface area (Å²) in [5.74, 6) is 2.16. The predicted molar refractivity (Wildman–Crippen MR) is 60.5 cm³/mol. The van der Waals surface area contributed by atoms with E-state index in [0.29, 0.717) is 5.92 Å². The third kappa shape index (κ3) is 2.36. The van der Waals surface area contributed by atoms with Crippen LogP contribution in [0.5, 0.6) is 0 Å². The van der Waals surface area contributed by atoms with Crippen LogP contribution >= 0.6 is 0 Å². The molecule has 0 amide bonds. The first kappa shape index (κ1) is 11.4. The van der Waals surface area contributed by atoms with Crippen LogP contribution in [0.15, 0.2) is 0 Å². The van der Waals surface area contributed by atoms with E-state index in [2.05, 4.69) is 6.92 Å². The number of aliphatic hydroxyl groups excluding tert-OH is 1. The summed E-state index contributed by atoms with van der Waals surface area (Å²) in [6.45, 7) is 2.53. The summed E-state index contributed by atoms with van der Waals surface area (Å²) in [4.78, 5) is 0. The molecule has 0 aromatic carbocycles. The van der Waals surface area contributed by atoms with Gasteiger partial charge in [0.2, 0.25) is 0 Å². The second-order valence-electron chi connectivity index (χ2n) is 5.84. The second-order valence-corrected chi connectivity index (χ2v) is 5.84. The maximum atomic E-state index is 10.6. The number of fused-ring (bicyclic) bond motifs is 2. The lowest BCUT2D eigenvalue weighted by molar-refractivity contribution is -0.0955. The first-order valence-corrected chi connectivity index (χ1v) is 6.47. The first-order valence-electron chi connectivity index (χ1n) is 6.47. The van der Waals surface area contributed by atoms with E-state index in [1.165, 1.54) is 25.7 Å². The Kier molecular flexibility index (Phi) is 3.36. The minimum Gasteiger partial charge on any atom is -0.396 e. The molecule has 0 spiro atoms. The lowest BCUT2D eigenvalue weighted by Gasteiger charge is -2.48. The molecule has 15 heavy (non-hydrogen) atoms. The van der Waals surface area contributed by atoms with Gasteiger partial charge in [0, 0.05) is 6.61 Å². The molecule has 4 unspecified atom stereocenters. The molecule has 0 heterocycles. The quantitative estimate of drug-likeness (QED) is 0.754. The van der Waals surface area contributed by atoms with Crippen molar-refractivity contribution in [2.75, 3.05) is 6.61 Å². The fourth-order valence-corrected chi connectivity index (χ4v) is 3.79. The summed E-state index contributed by atoms with van der Waals surface area (Å²) < 4.78 is 0. The third-order valence-corrected chi connectivity index (χ3v) is 4.55. The maximum Gasteiger partial charge on any atom is 0.0677 e. The highest BCUT2D eigenvalue weighted by Crippen LogP contribution is 2.48. The van der Waals surface area contributed by atoms with Crippen LogP contribution in [-0.4, -0.2) is 22.4 Å². The van der Waals surface area contributed by atoms with E-state index >= 15 is 0 Å². The van der Waals surface area contributed by atoms with Crippen LogP contribution in [0.1, 0.15) is 51.9 Å². The Morgan fingerprint density at radius 3 is 2.80 bits per heavy atom. The molecule has 2 nitrogen and oxygen atoms in total. The molecule has 2 N–H and O–H groups in total. The van der Waals surface area contributed by atoms with Crippen molar-refractivity contribution in [2.45, 2.75) is 57.5 Å². The zero-order valence-corrected chi connectivity index (χ0v) is 9.78. The monoisotopic (exact) mass is 212 g/mol. The minimum absolute atomic E-state index is 0.216. The molecule has 2 bridgehead atoms. The molecular formula is C13H24O2. The van der Waals surface area contributed by atoms with Crippen LogP contribution in [0, 0.1) is 17.8 Å².